The van der Waals surface area contributed by atoms with Crippen LogP contribution in [0.4, 0.5) is 0 Å². The Labute approximate surface area is 190 Å². The number of halogens is 1. The van der Waals surface area contributed by atoms with Gasteiger partial charge in [-0.1, -0.05) is 44.2 Å². The van der Waals surface area contributed by atoms with E-state index < -0.39 is 0 Å². The second-order valence-corrected chi connectivity index (χ2v) is 8.03. The minimum Gasteiger partial charge on any atom is -0.494 e. The number of benzene rings is 2. The predicted octanol–water partition coefficient (Wildman–Crippen LogP) is 5.95. The van der Waals surface area contributed by atoms with Gasteiger partial charge in [0.15, 0.2) is 0 Å². The van der Waals surface area contributed by atoms with Crippen molar-refractivity contribution in [1.82, 2.24) is 9.88 Å². The molecule has 0 aliphatic heterocycles. The molecule has 6 heteroatoms. The van der Waals surface area contributed by atoms with Gasteiger partial charge in [0.25, 0.3) is 0 Å². The van der Waals surface area contributed by atoms with Crippen molar-refractivity contribution in [1.29, 1.82) is 0 Å². The standard InChI is InChI=1S/C24H30N2OS.ClH.H2O/c1-3-16-26(17-4-2)18-7-19-27-21-13-10-20(11-14-21)12-15-24-25-22-8-5-6-9-23(22)28-24;;/h5-6,8-15H,3-4,7,16-19H2,1-2H3;1H;1H2/b15-12+;;. The van der Waals surface area contributed by atoms with Crippen molar-refractivity contribution >= 4 is 46.1 Å². The van der Waals surface area contributed by atoms with Crippen molar-refractivity contribution in [2.75, 3.05) is 26.2 Å². The molecule has 3 aromatic rings. The molecule has 0 bridgehead atoms. The summed E-state index contributed by atoms with van der Waals surface area (Å²) in [7, 11) is 0. The monoisotopic (exact) mass is 448 g/mol. The summed E-state index contributed by atoms with van der Waals surface area (Å²) >= 11 is 1.72. The molecule has 0 unspecified atom stereocenters. The third-order valence-corrected chi connectivity index (χ3v) is 5.58. The summed E-state index contributed by atoms with van der Waals surface area (Å²) in [5.74, 6) is 0.940. The lowest BCUT2D eigenvalue weighted by molar-refractivity contribution is 0.234. The first-order chi connectivity index (χ1) is 13.8. The normalized spacial score (nSPS) is 10.9. The Hall–Kier alpha value is -1.92. The smallest absolute Gasteiger partial charge is 0.119 e. The van der Waals surface area contributed by atoms with Crippen molar-refractivity contribution in [3.05, 3.63) is 59.1 Å². The second-order valence-electron chi connectivity index (χ2n) is 6.97. The molecule has 2 aromatic carbocycles. The quantitative estimate of drug-likeness (QED) is 0.340. The van der Waals surface area contributed by atoms with Crippen LogP contribution in [0.15, 0.2) is 48.5 Å². The van der Waals surface area contributed by atoms with E-state index in [0.717, 1.165) is 41.4 Å². The first-order valence-corrected chi connectivity index (χ1v) is 11.1. The highest BCUT2D eigenvalue weighted by Gasteiger charge is 2.03. The number of aromatic nitrogens is 1. The molecule has 3 rings (SSSR count). The van der Waals surface area contributed by atoms with Crippen LogP contribution < -0.4 is 4.74 Å². The molecule has 0 aliphatic carbocycles. The number of para-hydroxylation sites is 1. The van der Waals surface area contributed by atoms with E-state index in [1.54, 1.807) is 11.3 Å². The van der Waals surface area contributed by atoms with Gasteiger partial charge in [-0.3, -0.25) is 0 Å². The highest BCUT2D eigenvalue weighted by atomic mass is 35.5. The number of fused-ring (bicyclic) bond motifs is 1. The van der Waals surface area contributed by atoms with Crippen LogP contribution in [-0.2, 0) is 0 Å². The van der Waals surface area contributed by atoms with Gasteiger partial charge >= 0.3 is 0 Å². The third kappa shape index (κ3) is 8.07. The number of nitrogens with zero attached hydrogens (tertiary/aromatic N) is 2. The van der Waals surface area contributed by atoms with E-state index in [9.17, 15) is 0 Å². The van der Waals surface area contributed by atoms with E-state index in [0.29, 0.717) is 0 Å². The molecule has 0 aliphatic rings. The van der Waals surface area contributed by atoms with Crippen LogP contribution in [0.3, 0.4) is 0 Å². The molecule has 0 spiro atoms. The van der Waals surface area contributed by atoms with Gasteiger partial charge in [-0.25, -0.2) is 4.98 Å². The zero-order chi connectivity index (χ0) is 19.6. The molecule has 2 N–H and O–H groups in total. The Morgan fingerprint density at radius 3 is 2.30 bits per heavy atom. The van der Waals surface area contributed by atoms with Crippen molar-refractivity contribution in [3.63, 3.8) is 0 Å². The molecule has 0 amide bonds. The highest BCUT2D eigenvalue weighted by Crippen LogP contribution is 2.23. The van der Waals surface area contributed by atoms with Crippen LogP contribution in [0.1, 0.15) is 43.7 Å². The van der Waals surface area contributed by atoms with Gasteiger partial charge in [-0.05, 0) is 68.3 Å². The summed E-state index contributed by atoms with van der Waals surface area (Å²) < 4.78 is 7.13. The average Bonchev–Trinajstić information content (AvgIpc) is 3.14. The summed E-state index contributed by atoms with van der Waals surface area (Å²) in [5.41, 5.74) is 2.22. The number of hydrogen-bond acceptors (Lipinski definition) is 4. The Morgan fingerprint density at radius 1 is 0.933 bits per heavy atom. The topological polar surface area (TPSA) is 56.9 Å². The van der Waals surface area contributed by atoms with E-state index in [1.807, 2.05) is 18.2 Å². The summed E-state index contributed by atoms with van der Waals surface area (Å²) in [5, 5.41) is 1.03. The maximum atomic E-state index is 5.91. The molecular weight excluding hydrogens is 416 g/mol. The second kappa shape index (κ2) is 14.1. The number of rotatable bonds is 11. The molecule has 1 heterocycles. The van der Waals surface area contributed by atoms with E-state index in [1.165, 1.54) is 30.6 Å². The fourth-order valence-electron chi connectivity index (χ4n) is 3.25. The van der Waals surface area contributed by atoms with Crippen molar-refractivity contribution in [3.8, 4) is 5.75 Å². The van der Waals surface area contributed by atoms with Gasteiger partial charge in [-0.2, -0.15) is 0 Å². The fraction of sp³-hybridized carbons (Fsp3) is 0.375. The highest BCUT2D eigenvalue weighted by molar-refractivity contribution is 7.19. The first-order valence-electron chi connectivity index (χ1n) is 10.3. The minimum atomic E-state index is 0. The largest absolute Gasteiger partial charge is 0.494 e. The van der Waals surface area contributed by atoms with E-state index >= 15 is 0 Å². The van der Waals surface area contributed by atoms with Gasteiger partial charge in [0.1, 0.15) is 10.8 Å². The van der Waals surface area contributed by atoms with Crippen molar-refractivity contribution in [2.45, 2.75) is 33.1 Å². The fourth-order valence-corrected chi connectivity index (χ4v) is 4.12. The van der Waals surface area contributed by atoms with Crippen molar-refractivity contribution < 1.29 is 10.2 Å². The average molecular weight is 449 g/mol. The van der Waals surface area contributed by atoms with Crippen LogP contribution in [0, 0.1) is 0 Å². The molecule has 164 valence electrons. The minimum absolute atomic E-state index is 0. The maximum absolute atomic E-state index is 5.91. The zero-order valence-corrected chi connectivity index (χ0v) is 19.5. The van der Waals surface area contributed by atoms with Crippen LogP contribution in [0.5, 0.6) is 5.75 Å². The predicted molar refractivity (Wildman–Crippen MR) is 133 cm³/mol. The Balaban J connectivity index is 0.00000225. The van der Waals surface area contributed by atoms with E-state index in [4.69, 9.17) is 4.74 Å². The lowest BCUT2D eigenvalue weighted by atomic mass is 10.2. The Kier molecular flexibility index (Phi) is 12.3. The summed E-state index contributed by atoms with van der Waals surface area (Å²) in [6, 6.07) is 16.5. The molecule has 30 heavy (non-hydrogen) atoms. The molecule has 0 saturated carbocycles. The lowest BCUT2D eigenvalue weighted by Crippen LogP contribution is -2.27. The molecular formula is C24H33ClN2O2S. The summed E-state index contributed by atoms with van der Waals surface area (Å²) in [6.07, 6.45) is 7.68. The molecule has 0 atom stereocenters. The molecule has 0 fully saturated rings. The first kappa shape index (κ1) is 26.1. The molecule has 0 radical (unpaired) electrons. The maximum Gasteiger partial charge on any atom is 0.119 e. The van der Waals surface area contributed by atoms with Crippen LogP contribution >= 0.6 is 23.7 Å². The van der Waals surface area contributed by atoms with Gasteiger partial charge in [-0.15, -0.1) is 23.7 Å². The molecule has 0 saturated heterocycles. The van der Waals surface area contributed by atoms with Gasteiger partial charge in [0, 0.05) is 6.54 Å². The molecule has 4 nitrogen and oxygen atoms in total. The summed E-state index contributed by atoms with van der Waals surface area (Å²) in [6.45, 7) is 8.74. The third-order valence-electron chi connectivity index (χ3n) is 4.58. The Bertz CT molecular complexity index is 841. The number of thiazole rings is 1. The van der Waals surface area contributed by atoms with Crippen molar-refractivity contribution in [2.24, 2.45) is 0 Å². The van der Waals surface area contributed by atoms with Gasteiger partial charge in [0.05, 0.1) is 16.8 Å². The van der Waals surface area contributed by atoms with Crippen LogP contribution in [0.25, 0.3) is 22.4 Å². The van der Waals surface area contributed by atoms with Gasteiger partial charge in [0.2, 0.25) is 0 Å². The SMILES string of the molecule is CCCN(CCC)CCCOc1ccc(/C=C/c2nc3ccccc3s2)cc1.Cl.O. The number of ether oxygens (including phenoxy) is 1. The Morgan fingerprint density at radius 2 is 1.63 bits per heavy atom. The van der Waals surface area contributed by atoms with Gasteiger partial charge < -0.3 is 15.1 Å². The van der Waals surface area contributed by atoms with E-state index in [2.05, 4.69) is 66.2 Å². The summed E-state index contributed by atoms with van der Waals surface area (Å²) in [4.78, 5) is 7.17. The van der Waals surface area contributed by atoms with E-state index in [-0.39, 0.29) is 17.9 Å². The number of hydrogen-bond donors (Lipinski definition) is 0. The molecule has 1 aromatic heterocycles. The lowest BCUT2D eigenvalue weighted by Gasteiger charge is -2.20. The van der Waals surface area contributed by atoms with Crippen LogP contribution in [0.2, 0.25) is 0 Å². The zero-order valence-electron chi connectivity index (χ0n) is 17.8. The van der Waals surface area contributed by atoms with Crippen LogP contribution in [-0.4, -0.2) is 41.6 Å².